The molecule has 0 aromatic rings. The van der Waals surface area contributed by atoms with Crippen LogP contribution in [0.4, 0.5) is 0 Å². The van der Waals surface area contributed by atoms with Crippen LogP contribution in [0.1, 0.15) is 32.6 Å². The van der Waals surface area contributed by atoms with Gasteiger partial charge in [0, 0.05) is 6.54 Å². The molecule has 0 radical (unpaired) electrons. The zero-order valence-corrected chi connectivity index (χ0v) is 12.2. The van der Waals surface area contributed by atoms with Gasteiger partial charge in [-0.05, 0) is 65.3 Å². The molecule has 6 heteroatoms. The molecule has 1 unspecified atom stereocenters. The number of unbranched alkanes of at least 4 members (excludes halogenated alkanes) is 1. The summed E-state index contributed by atoms with van der Waals surface area (Å²) < 4.78 is 0. The van der Waals surface area contributed by atoms with Gasteiger partial charge in [0.2, 0.25) is 5.91 Å². The van der Waals surface area contributed by atoms with E-state index in [9.17, 15) is 4.79 Å². The van der Waals surface area contributed by atoms with Gasteiger partial charge in [0.05, 0.1) is 6.04 Å². The van der Waals surface area contributed by atoms with Crippen molar-refractivity contribution in [2.24, 2.45) is 11.5 Å². The van der Waals surface area contributed by atoms with E-state index < -0.39 is 6.04 Å². The summed E-state index contributed by atoms with van der Waals surface area (Å²) in [5, 5.41) is 9.50. The van der Waals surface area contributed by atoms with Gasteiger partial charge in [-0.15, -0.1) is 0 Å². The predicted octanol–water partition coefficient (Wildman–Crippen LogP) is -0.852. The van der Waals surface area contributed by atoms with Crippen LogP contribution in [0.15, 0.2) is 0 Å². The molecule has 0 aliphatic carbocycles. The van der Waals surface area contributed by atoms with Gasteiger partial charge in [-0.25, -0.2) is 0 Å². The van der Waals surface area contributed by atoms with E-state index in [1.54, 1.807) is 6.92 Å². The normalized spacial score (nSPS) is 12.4. The predicted molar refractivity (Wildman–Crippen MR) is 79.9 cm³/mol. The minimum Gasteiger partial charge on any atom is -0.355 e. The topological polar surface area (TPSA) is 105 Å². The van der Waals surface area contributed by atoms with Crippen LogP contribution in [0.5, 0.6) is 0 Å². The number of hydrogen-bond donors (Lipinski definition) is 5. The third kappa shape index (κ3) is 13.5. The number of carbonyl (C=O) groups excluding carboxylic acids is 1. The Morgan fingerprint density at radius 3 is 2.00 bits per heavy atom. The summed E-state index contributed by atoms with van der Waals surface area (Å²) in [5.74, 6) is -0.0800. The van der Waals surface area contributed by atoms with E-state index >= 15 is 0 Å². The second-order valence-corrected chi connectivity index (χ2v) is 4.78. The molecule has 0 heterocycles. The molecule has 0 spiro atoms. The van der Waals surface area contributed by atoms with Crippen molar-refractivity contribution in [2.45, 2.75) is 38.6 Å². The first-order chi connectivity index (χ1) is 9.18. The van der Waals surface area contributed by atoms with Crippen LogP contribution in [0, 0.1) is 0 Å². The largest absolute Gasteiger partial charge is 0.355 e. The first kappa shape index (κ1) is 18.3. The maximum Gasteiger partial charge on any atom is 0.236 e. The highest BCUT2D eigenvalue weighted by molar-refractivity contribution is 5.80. The summed E-state index contributed by atoms with van der Waals surface area (Å²) in [6.45, 7) is 7.17. The third-order valence-electron chi connectivity index (χ3n) is 2.76. The number of rotatable bonds is 13. The monoisotopic (exact) mass is 273 g/mol. The van der Waals surface area contributed by atoms with Crippen molar-refractivity contribution >= 4 is 5.91 Å². The van der Waals surface area contributed by atoms with Crippen LogP contribution in [0.3, 0.4) is 0 Å². The Balaban J connectivity index is 3.05. The van der Waals surface area contributed by atoms with Gasteiger partial charge < -0.3 is 27.4 Å². The summed E-state index contributed by atoms with van der Waals surface area (Å²) in [5.41, 5.74) is 10.8. The molecule has 114 valence electrons. The third-order valence-corrected chi connectivity index (χ3v) is 2.76. The zero-order chi connectivity index (χ0) is 14.3. The SMILES string of the molecule is CC(N)C(=O)NCCCNCCCCNCCCN. The molecule has 0 aliphatic rings. The number of nitrogens with two attached hydrogens (primary N) is 2. The van der Waals surface area contributed by atoms with E-state index in [2.05, 4.69) is 16.0 Å². The highest BCUT2D eigenvalue weighted by Gasteiger charge is 2.04. The van der Waals surface area contributed by atoms with Gasteiger partial charge in [-0.2, -0.15) is 0 Å². The van der Waals surface area contributed by atoms with Crippen molar-refractivity contribution in [1.29, 1.82) is 0 Å². The summed E-state index contributed by atoms with van der Waals surface area (Å²) in [6.07, 6.45) is 4.33. The molecule has 0 bridgehead atoms. The lowest BCUT2D eigenvalue weighted by Gasteiger charge is -2.08. The molecule has 0 aromatic carbocycles. The zero-order valence-electron chi connectivity index (χ0n) is 12.2. The van der Waals surface area contributed by atoms with E-state index in [1.165, 1.54) is 12.8 Å². The fourth-order valence-corrected chi connectivity index (χ4v) is 1.56. The van der Waals surface area contributed by atoms with Crippen molar-refractivity contribution in [3.05, 3.63) is 0 Å². The van der Waals surface area contributed by atoms with Gasteiger partial charge in [0.1, 0.15) is 0 Å². The van der Waals surface area contributed by atoms with Crippen molar-refractivity contribution in [2.75, 3.05) is 39.3 Å². The number of amides is 1. The van der Waals surface area contributed by atoms with Gasteiger partial charge in [-0.3, -0.25) is 4.79 Å². The highest BCUT2D eigenvalue weighted by atomic mass is 16.2. The molecule has 1 atom stereocenters. The number of hydrogen-bond acceptors (Lipinski definition) is 5. The Labute approximate surface area is 117 Å². The summed E-state index contributed by atoms with van der Waals surface area (Å²) >= 11 is 0. The lowest BCUT2D eigenvalue weighted by Crippen LogP contribution is -2.39. The molecular formula is C13H31N5O. The number of nitrogens with one attached hydrogen (secondary N) is 3. The molecule has 1 amide bonds. The Kier molecular flexibility index (Phi) is 13.2. The fraction of sp³-hybridized carbons (Fsp3) is 0.923. The Hall–Kier alpha value is -0.690. The molecular weight excluding hydrogens is 242 g/mol. The molecule has 0 rings (SSSR count). The average Bonchev–Trinajstić information content (AvgIpc) is 2.39. The number of carbonyl (C=O) groups is 1. The van der Waals surface area contributed by atoms with Crippen molar-refractivity contribution in [1.82, 2.24) is 16.0 Å². The van der Waals surface area contributed by atoms with Crippen LogP contribution in [0.25, 0.3) is 0 Å². The van der Waals surface area contributed by atoms with E-state index in [1.807, 2.05) is 0 Å². The fourth-order valence-electron chi connectivity index (χ4n) is 1.56. The highest BCUT2D eigenvalue weighted by Crippen LogP contribution is 1.85. The molecule has 0 aromatic heterocycles. The Bertz CT molecular complexity index is 211. The van der Waals surface area contributed by atoms with Gasteiger partial charge in [0.25, 0.3) is 0 Å². The van der Waals surface area contributed by atoms with Crippen LogP contribution in [0.2, 0.25) is 0 Å². The van der Waals surface area contributed by atoms with Crippen LogP contribution < -0.4 is 27.4 Å². The minimum absolute atomic E-state index is 0.0800. The molecule has 0 saturated heterocycles. The van der Waals surface area contributed by atoms with E-state index in [0.29, 0.717) is 6.54 Å². The lowest BCUT2D eigenvalue weighted by atomic mass is 10.3. The molecule has 6 nitrogen and oxygen atoms in total. The van der Waals surface area contributed by atoms with E-state index in [-0.39, 0.29) is 5.91 Å². The maximum absolute atomic E-state index is 11.2. The van der Waals surface area contributed by atoms with E-state index in [4.69, 9.17) is 11.5 Å². The molecule has 0 aliphatic heterocycles. The quantitative estimate of drug-likeness (QED) is 0.281. The first-order valence-corrected chi connectivity index (χ1v) is 7.33. The molecule has 0 fully saturated rings. The van der Waals surface area contributed by atoms with Crippen molar-refractivity contribution in [3.63, 3.8) is 0 Å². The Morgan fingerprint density at radius 1 is 0.947 bits per heavy atom. The van der Waals surface area contributed by atoms with Gasteiger partial charge in [0.15, 0.2) is 0 Å². The lowest BCUT2D eigenvalue weighted by molar-refractivity contribution is -0.121. The standard InChI is InChI=1S/C13H31N5O/c1-12(15)13(19)18-11-5-10-17-8-3-2-7-16-9-4-6-14/h12,16-17H,2-11,14-15H2,1H3,(H,18,19). The van der Waals surface area contributed by atoms with Crippen molar-refractivity contribution < 1.29 is 4.79 Å². The molecule has 7 N–H and O–H groups in total. The summed E-state index contributed by atoms with van der Waals surface area (Å²) in [6, 6.07) is -0.417. The minimum atomic E-state index is -0.417. The smallest absolute Gasteiger partial charge is 0.236 e. The second-order valence-electron chi connectivity index (χ2n) is 4.78. The first-order valence-electron chi connectivity index (χ1n) is 7.33. The van der Waals surface area contributed by atoms with E-state index in [0.717, 1.165) is 45.6 Å². The summed E-state index contributed by atoms with van der Waals surface area (Å²) in [4.78, 5) is 11.2. The van der Waals surface area contributed by atoms with Gasteiger partial charge >= 0.3 is 0 Å². The maximum atomic E-state index is 11.2. The van der Waals surface area contributed by atoms with Crippen LogP contribution in [-0.2, 0) is 4.79 Å². The Morgan fingerprint density at radius 2 is 1.47 bits per heavy atom. The second kappa shape index (κ2) is 13.7. The van der Waals surface area contributed by atoms with Crippen LogP contribution >= 0.6 is 0 Å². The molecule has 0 saturated carbocycles. The van der Waals surface area contributed by atoms with Gasteiger partial charge in [-0.1, -0.05) is 0 Å². The average molecular weight is 273 g/mol. The summed E-state index contributed by atoms with van der Waals surface area (Å²) in [7, 11) is 0. The van der Waals surface area contributed by atoms with Crippen molar-refractivity contribution in [3.8, 4) is 0 Å². The molecule has 19 heavy (non-hydrogen) atoms. The van der Waals surface area contributed by atoms with Crippen LogP contribution in [-0.4, -0.2) is 51.2 Å².